The quantitative estimate of drug-likeness (QED) is 0.332. The van der Waals surface area contributed by atoms with Crippen molar-refractivity contribution in [3.05, 3.63) is 87.9 Å². The van der Waals surface area contributed by atoms with Crippen LogP contribution in [0, 0.1) is 18.3 Å². The molecule has 3 aromatic rings. The number of nitriles is 1. The van der Waals surface area contributed by atoms with Gasteiger partial charge in [-0.2, -0.15) is 5.26 Å². The van der Waals surface area contributed by atoms with Crippen molar-refractivity contribution in [3.63, 3.8) is 0 Å². The second-order valence-electron chi connectivity index (χ2n) is 6.70. The summed E-state index contributed by atoms with van der Waals surface area (Å²) in [5.41, 5.74) is 4.29. The topological polar surface area (TPSA) is 51.5 Å². The molecule has 0 amide bonds. The van der Waals surface area contributed by atoms with Gasteiger partial charge in [0.25, 0.3) is 0 Å². The summed E-state index contributed by atoms with van der Waals surface area (Å²) >= 11 is 6.41. The minimum absolute atomic E-state index is 0.435. The smallest absolute Gasteiger partial charge is 0.161 e. The van der Waals surface area contributed by atoms with Gasteiger partial charge in [-0.3, -0.25) is 0 Å². The van der Waals surface area contributed by atoms with E-state index in [1.807, 2.05) is 49.4 Å². The van der Waals surface area contributed by atoms with Crippen molar-refractivity contribution >= 4 is 23.3 Å². The van der Waals surface area contributed by atoms with Crippen molar-refractivity contribution in [2.75, 3.05) is 14.2 Å². The molecule has 0 atom stereocenters. The first-order valence-corrected chi connectivity index (χ1v) is 9.74. The predicted molar refractivity (Wildman–Crippen MR) is 120 cm³/mol. The lowest BCUT2D eigenvalue weighted by Crippen LogP contribution is -1.96. The van der Waals surface area contributed by atoms with Crippen LogP contribution in [0.1, 0.15) is 22.3 Å². The van der Waals surface area contributed by atoms with Gasteiger partial charge in [0.05, 0.1) is 30.9 Å². The number of halogens is 1. The molecule has 3 rings (SSSR count). The summed E-state index contributed by atoms with van der Waals surface area (Å²) in [6, 6.07) is 21.2. The standard InChI is InChI=1S/C25H22ClNO3/c1-17-4-6-18(7-5-17)16-30-23-10-8-19(13-22(23)26)12-21(15-27)20-9-11-24(28-2)25(14-20)29-3/h4-14H,16H2,1-3H3/b21-12+. The fourth-order valence-corrected chi connectivity index (χ4v) is 3.16. The van der Waals surface area contributed by atoms with E-state index in [9.17, 15) is 5.26 Å². The Morgan fingerprint density at radius 2 is 1.63 bits per heavy atom. The molecule has 3 aromatic carbocycles. The largest absolute Gasteiger partial charge is 0.493 e. The van der Waals surface area contributed by atoms with E-state index in [1.54, 1.807) is 38.5 Å². The van der Waals surface area contributed by atoms with Crippen LogP contribution >= 0.6 is 11.6 Å². The Hall–Kier alpha value is -3.42. The minimum atomic E-state index is 0.435. The fourth-order valence-electron chi connectivity index (χ4n) is 2.92. The third-order valence-electron chi connectivity index (χ3n) is 4.60. The summed E-state index contributed by atoms with van der Waals surface area (Å²) in [4.78, 5) is 0. The molecule has 0 saturated heterocycles. The molecule has 152 valence electrons. The first-order chi connectivity index (χ1) is 14.5. The normalized spacial score (nSPS) is 11.0. The highest BCUT2D eigenvalue weighted by Crippen LogP contribution is 2.32. The number of benzene rings is 3. The van der Waals surface area contributed by atoms with Crippen molar-refractivity contribution in [1.29, 1.82) is 5.26 Å². The SMILES string of the molecule is COc1ccc(/C(C#N)=C/c2ccc(OCc3ccc(C)cc3)c(Cl)c2)cc1OC. The van der Waals surface area contributed by atoms with Gasteiger partial charge in [0.15, 0.2) is 11.5 Å². The van der Waals surface area contributed by atoms with E-state index in [-0.39, 0.29) is 0 Å². The molecular weight excluding hydrogens is 398 g/mol. The number of hydrogen-bond acceptors (Lipinski definition) is 4. The highest BCUT2D eigenvalue weighted by molar-refractivity contribution is 6.32. The Morgan fingerprint density at radius 3 is 2.27 bits per heavy atom. The molecule has 0 saturated carbocycles. The summed E-state index contributed by atoms with van der Waals surface area (Å²) in [6.07, 6.45) is 1.77. The first-order valence-electron chi connectivity index (χ1n) is 9.36. The van der Waals surface area contributed by atoms with Crippen LogP contribution in [0.2, 0.25) is 5.02 Å². The number of hydrogen-bond donors (Lipinski definition) is 0. The zero-order valence-electron chi connectivity index (χ0n) is 17.1. The van der Waals surface area contributed by atoms with Gasteiger partial charge < -0.3 is 14.2 Å². The van der Waals surface area contributed by atoms with E-state index in [0.29, 0.717) is 34.5 Å². The van der Waals surface area contributed by atoms with Crippen LogP contribution in [-0.4, -0.2) is 14.2 Å². The minimum Gasteiger partial charge on any atom is -0.493 e. The molecule has 0 heterocycles. The van der Waals surface area contributed by atoms with E-state index < -0.39 is 0 Å². The van der Waals surface area contributed by atoms with E-state index in [0.717, 1.165) is 16.7 Å². The fraction of sp³-hybridized carbons (Fsp3) is 0.160. The molecule has 0 aliphatic carbocycles. The lowest BCUT2D eigenvalue weighted by Gasteiger charge is -2.10. The molecule has 5 heteroatoms. The van der Waals surface area contributed by atoms with Crippen molar-refractivity contribution < 1.29 is 14.2 Å². The predicted octanol–water partition coefficient (Wildman–Crippen LogP) is 6.31. The monoisotopic (exact) mass is 419 g/mol. The average molecular weight is 420 g/mol. The van der Waals surface area contributed by atoms with Gasteiger partial charge in [-0.05, 0) is 60.0 Å². The number of allylic oxidation sites excluding steroid dienone is 1. The molecule has 0 aromatic heterocycles. The molecular formula is C25H22ClNO3. The lowest BCUT2D eigenvalue weighted by molar-refractivity contribution is 0.306. The average Bonchev–Trinajstić information content (AvgIpc) is 2.77. The van der Waals surface area contributed by atoms with Gasteiger partial charge in [-0.1, -0.05) is 47.5 Å². The van der Waals surface area contributed by atoms with Crippen molar-refractivity contribution in [3.8, 4) is 23.3 Å². The molecule has 0 N–H and O–H groups in total. The molecule has 0 aliphatic heterocycles. The molecule has 30 heavy (non-hydrogen) atoms. The maximum atomic E-state index is 9.64. The molecule has 0 unspecified atom stereocenters. The Labute approximate surface area is 181 Å². The third-order valence-corrected chi connectivity index (χ3v) is 4.89. The van der Waals surface area contributed by atoms with Gasteiger partial charge in [0.1, 0.15) is 12.4 Å². The molecule has 0 spiro atoms. The van der Waals surface area contributed by atoms with Gasteiger partial charge >= 0.3 is 0 Å². The lowest BCUT2D eigenvalue weighted by atomic mass is 10.0. The third kappa shape index (κ3) is 5.14. The van der Waals surface area contributed by atoms with Gasteiger partial charge in [0.2, 0.25) is 0 Å². The van der Waals surface area contributed by atoms with E-state index in [2.05, 4.69) is 6.07 Å². The van der Waals surface area contributed by atoms with Gasteiger partial charge in [0, 0.05) is 0 Å². The van der Waals surface area contributed by atoms with E-state index >= 15 is 0 Å². The van der Waals surface area contributed by atoms with E-state index in [4.69, 9.17) is 25.8 Å². The molecule has 0 radical (unpaired) electrons. The highest BCUT2D eigenvalue weighted by Gasteiger charge is 2.09. The summed E-state index contributed by atoms with van der Waals surface area (Å²) in [7, 11) is 3.13. The van der Waals surface area contributed by atoms with Crippen LogP contribution in [0.3, 0.4) is 0 Å². The molecule has 4 nitrogen and oxygen atoms in total. The van der Waals surface area contributed by atoms with Crippen LogP contribution in [0.15, 0.2) is 60.7 Å². The zero-order valence-corrected chi connectivity index (χ0v) is 17.9. The maximum absolute atomic E-state index is 9.64. The second-order valence-corrected chi connectivity index (χ2v) is 7.11. The summed E-state index contributed by atoms with van der Waals surface area (Å²) < 4.78 is 16.4. The van der Waals surface area contributed by atoms with Crippen LogP contribution in [0.4, 0.5) is 0 Å². The zero-order chi connectivity index (χ0) is 21.5. The maximum Gasteiger partial charge on any atom is 0.161 e. The number of ether oxygens (including phenoxy) is 3. The highest BCUT2D eigenvalue weighted by atomic mass is 35.5. The Kier molecular flexibility index (Phi) is 7.00. The van der Waals surface area contributed by atoms with Gasteiger partial charge in [-0.25, -0.2) is 0 Å². The molecule has 0 aliphatic rings. The van der Waals surface area contributed by atoms with Crippen molar-refractivity contribution in [2.24, 2.45) is 0 Å². The molecule has 0 fully saturated rings. The first kappa shape index (κ1) is 21.3. The van der Waals surface area contributed by atoms with Crippen LogP contribution in [-0.2, 0) is 6.61 Å². The second kappa shape index (κ2) is 9.87. The molecule has 0 bridgehead atoms. The Bertz CT molecular complexity index is 1100. The number of rotatable bonds is 7. The van der Waals surface area contributed by atoms with Crippen LogP contribution in [0.5, 0.6) is 17.2 Å². The van der Waals surface area contributed by atoms with Crippen LogP contribution < -0.4 is 14.2 Å². The van der Waals surface area contributed by atoms with Crippen molar-refractivity contribution in [1.82, 2.24) is 0 Å². The van der Waals surface area contributed by atoms with Crippen LogP contribution in [0.25, 0.3) is 11.6 Å². The summed E-state index contributed by atoms with van der Waals surface area (Å²) in [5, 5.41) is 10.1. The number of nitrogens with zero attached hydrogens (tertiary/aromatic N) is 1. The number of methoxy groups -OCH3 is 2. The van der Waals surface area contributed by atoms with Crippen molar-refractivity contribution in [2.45, 2.75) is 13.5 Å². The Balaban J connectivity index is 1.80. The number of aryl methyl sites for hydroxylation is 1. The summed E-state index contributed by atoms with van der Waals surface area (Å²) in [5.74, 6) is 1.77. The summed E-state index contributed by atoms with van der Waals surface area (Å²) in [6.45, 7) is 2.48. The Morgan fingerprint density at radius 1 is 0.933 bits per heavy atom. The van der Waals surface area contributed by atoms with Gasteiger partial charge in [-0.15, -0.1) is 0 Å². The van der Waals surface area contributed by atoms with E-state index in [1.165, 1.54) is 5.56 Å².